The Kier molecular flexibility index (Phi) is 5.50. The summed E-state index contributed by atoms with van der Waals surface area (Å²) in [7, 11) is 0. The maximum Gasteiger partial charge on any atom is 0.410 e. The molecule has 2 aliphatic rings. The van der Waals surface area contributed by atoms with Gasteiger partial charge in [0.25, 0.3) is 0 Å². The van der Waals surface area contributed by atoms with E-state index in [-0.39, 0.29) is 12.1 Å². The first-order valence-corrected chi connectivity index (χ1v) is 9.65. The zero-order chi connectivity index (χ0) is 17.9. The second-order valence-corrected chi connectivity index (χ2v) is 8.15. The number of carbonyl (C=O) groups excluding carboxylic acids is 1. The first-order valence-electron chi connectivity index (χ1n) is 9.65. The highest BCUT2D eigenvalue weighted by Crippen LogP contribution is 2.37. The molecular weight excluding hydrogens is 314 g/mol. The van der Waals surface area contributed by atoms with Gasteiger partial charge in [-0.25, -0.2) is 9.78 Å². The van der Waals surface area contributed by atoms with Crippen molar-refractivity contribution in [3.05, 3.63) is 23.9 Å². The molecule has 5 heteroatoms. The van der Waals surface area contributed by atoms with Crippen LogP contribution in [0.4, 0.5) is 10.6 Å². The summed E-state index contributed by atoms with van der Waals surface area (Å²) in [5.41, 5.74) is 0.707. The summed E-state index contributed by atoms with van der Waals surface area (Å²) in [5, 5.41) is 0. The molecule has 0 aromatic carbocycles. The van der Waals surface area contributed by atoms with E-state index in [1.165, 1.54) is 24.8 Å². The SMILES string of the molecule is CC(C)(C)OC(=O)N1CCCCC1c1cccnc1N1CCCCC1. The number of rotatable bonds is 2. The minimum atomic E-state index is -0.469. The Morgan fingerprint density at radius 1 is 1.12 bits per heavy atom. The molecule has 5 nitrogen and oxygen atoms in total. The van der Waals surface area contributed by atoms with E-state index < -0.39 is 5.60 Å². The van der Waals surface area contributed by atoms with E-state index >= 15 is 0 Å². The standard InChI is InChI=1S/C20H31N3O2/c1-20(2,3)25-19(24)23-15-8-5-11-17(23)16-10-9-12-21-18(16)22-13-6-4-7-14-22/h9-10,12,17H,4-8,11,13-15H2,1-3H3. The summed E-state index contributed by atoms with van der Waals surface area (Å²) in [6.07, 6.45) is 8.55. The van der Waals surface area contributed by atoms with E-state index in [9.17, 15) is 4.79 Å². The van der Waals surface area contributed by atoms with Gasteiger partial charge in [-0.05, 0) is 65.4 Å². The van der Waals surface area contributed by atoms with Crippen LogP contribution in [-0.4, -0.2) is 41.2 Å². The zero-order valence-corrected chi connectivity index (χ0v) is 15.8. The third-order valence-electron chi connectivity index (χ3n) is 4.96. The number of ether oxygens (including phenoxy) is 1. The van der Waals surface area contributed by atoms with E-state index in [0.717, 1.165) is 44.7 Å². The fourth-order valence-corrected chi connectivity index (χ4v) is 3.83. The first kappa shape index (κ1) is 18.0. The molecule has 3 heterocycles. The monoisotopic (exact) mass is 345 g/mol. The topological polar surface area (TPSA) is 45.7 Å². The summed E-state index contributed by atoms with van der Waals surface area (Å²) in [6.45, 7) is 8.65. The van der Waals surface area contributed by atoms with Crippen molar-refractivity contribution in [1.29, 1.82) is 0 Å². The van der Waals surface area contributed by atoms with Crippen LogP contribution in [-0.2, 0) is 4.74 Å². The van der Waals surface area contributed by atoms with Crippen LogP contribution in [0.15, 0.2) is 18.3 Å². The van der Waals surface area contributed by atoms with Crippen LogP contribution in [0, 0.1) is 0 Å². The van der Waals surface area contributed by atoms with Gasteiger partial charge in [0.15, 0.2) is 0 Å². The van der Waals surface area contributed by atoms with Crippen LogP contribution in [0.3, 0.4) is 0 Å². The summed E-state index contributed by atoms with van der Waals surface area (Å²) in [5.74, 6) is 1.06. The molecule has 0 saturated carbocycles. The number of hydrogen-bond donors (Lipinski definition) is 0. The lowest BCUT2D eigenvalue weighted by molar-refractivity contribution is 0.00954. The fraction of sp³-hybridized carbons (Fsp3) is 0.700. The minimum absolute atomic E-state index is 0.0641. The summed E-state index contributed by atoms with van der Waals surface area (Å²) >= 11 is 0. The van der Waals surface area contributed by atoms with Gasteiger partial charge in [0.05, 0.1) is 6.04 Å². The van der Waals surface area contributed by atoms with Crippen molar-refractivity contribution >= 4 is 11.9 Å². The maximum atomic E-state index is 12.8. The molecule has 1 aromatic heterocycles. The third kappa shape index (κ3) is 4.44. The lowest BCUT2D eigenvalue weighted by Crippen LogP contribution is -2.42. The van der Waals surface area contributed by atoms with Crippen LogP contribution < -0.4 is 4.90 Å². The normalized spacial score (nSPS) is 22.0. The number of nitrogens with zero attached hydrogens (tertiary/aromatic N) is 3. The molecule has 3 rings (SSSR count). The molecule has 0 spiro atoms. The van der Waals surface area contributed by atoms with Crippen molar-refractivity contribution in [1.82, 2.24) is 9.88 Å². The Labute approximate surface area is 151 Å². The van der Waals surface area contributed by atoms with Gasteiger partial charge in [-0.2, -0.15) is 0 Å². The number of likely N-dealkylation sites (tertiary alicyclic amines) is 1. The van der Waals surface area contributed by atoms with Crippen molar-refractivity contribution in [2.75, 3.05) is 24.5 Å². The molecule has 0 radical (unpaired) electrons. The Bertz CT molecular complexity index is 591. The molecule has 0 bridgehead atoms. The van der Waals surface area contributed by atoms with Gasteiger partial charge in [0.2, 0.25) is 0 Å². The van der Waals surface area contributed by atoms with Gasteiger partial charge in [0, 0.05) is 31.4 Å². The van der Waals surface area contributed by atoms with Gasteiger partial charge < -0.3 is 14.5 Å². The molecule has 2 saturated heterocycles. The average Bonchev–Trinajstić information content (AvgIpc) is 2.61. The highest BCUT2D eigenvalue weighted by Gasteiger charge is 2.33. The minimum Gasteiger partial charge on any atom is -0.444 e. The molecule has 0 N–H and O–H groups in total. The highest BCUT2D eigenvalue weighted by molar-refractivity contribution is 5.69. The first-order chi connectivity index (χ1) is 12.0. The van der Waals surface area contributed by atoms with E-state index in [1.807, 2.05) is 37.9 Å². The van der Waals surface area contributed by atoms with Crippen molar-refractivity contribution in [3.8, 4) is 0 Å². The Morgan fingerprint density at radius 3 is 2.56 bits per heavy atom. The van der Waals surface area contributed by atoms with Crippen molar-refractivity contribution in [3.63, 3.8) is 0 Å². The smallest absolute Gasteiger partial charge is 0.410 e. The van der Waals surface area contributed by atoms with Crippen LogP contribution in [0.2, 0.25) is 0 Å². The number of carbonyl (C=O) groups is 1. The van der Waals surface area contributed by atoms with Crippen molar-refractivity contribution in [2.24, 2.45) is 0 Å². The van der Waals surface area contributed by atoms with Crippen LogP contribution in [0.1, 0.15) is 70.9 Å². The van der Waals surface area contributed by atoms with E-state index in [4.69, 9.17) is 9.72 Å². The molecule has 1 aromatic rings. The number of amides is 1. The second kappa shape index (κ2) is 7.63. The summed E-state index contributed by atoms with van der Waals surface area (Å²) in [4.78, 5) is 21.8. The number of pyridine rings is 1. The average molecular weight is 345 g/mol. The van der Waals surface area contributed by atoms with Crippen molar-refractivity contribution < 1.29 is 9.53 Å². The van der Waals surface area contributed by atoms with Gasteiger partial charge in [-0.1, -0.05) is 6.07 Å². The van der Waals surface area contributed by atoms with E-state index in [2.05, 4.69) is 11.0 Å². The van der Waals surface area contributed by atoms with Gasteiger partial charge in [-0.3, -0.25) is 0 Å². The van der Waals surface area contributed by atoms with Crippen LogP contribution in [0.5, 0.6) is 0 Å². The number of anilines is 1. The van der Waals surface area contributed by atoms with Crippen molar-refractivity contribution in [2.45, 2.75) is 70.9 Å². The molecule has 1 atom stereocenters. The molecule has 2 aliphatic heterocycles. The molecular formula is C20H31N3O2. The number of hydrogen-bond acceptors (Lipinski definition) is 4. The molecule has 0 aliphatic carbocycles. The molecule has 25 heavy (non-hydrogen) atoms. The maximum absolute atomic E-state index is 12.8. The third-order valence-corrected chi connectivity index (χ3v) is 4.96. The molecule has 1 unspecified atom stereocenters. The molecule has 138 valence electrons. The van der Waals surface area contributed by atoms with Gasteiger partial charge in [0.1, 0.15) is 11.4 Å². The summed E-state index contributed by atoms with van der Waals surface area (Å²) in [6, 6.07) is 4.20. The Balaban J connectivity index is 1.86. The predicted molar refractivity (Wildman–Crippen MR) is 99.8 cm³/mol. The highest BCUT2D eigenvalue weighted by atomic mass is 16.6. The molecule has 2 fully saturated rings. The quantitative estimate of drug-likeness (QED) is 0.790. The Morgan fingerprint density at radius 2 is 1.84 bits per heavy atom. The van der Waals surface area contributed by atoms with E-state index in [1.54, 1.807) is 0 Å². The van der Waals surface area contributed by atoms with E-state index in [0.29, 0.717) is 0 Å². The van der Waals surface area contributed by atoms with Crippen LogP contribution >= 0.6 is 0 Å². The largest absolute Gasteiger partial charge is 0.444 e. The van der Waals surface area contributed by atoms with Crippen LogP contribution in [0.25, 0.3) is 0 Å². The fourth-order valence-electron chi connectivity index (χ4n) is 3.83. The zero-order valence-electron chi connectivity index (χ0n) is 15.8. The lowest BCUT2D eigenvalue weighted by Gasteiger charge is -2.39. The lowest BCUT2D eigenvalue weighted by atomic mass is 9.95. The van der Waals surface area contributed by atoms with Gasteiger partial charge >= 0.3 is 6.09 Å². The molecule has 1 amide bonds. The predicted octanol–water partition coefficient (Wildman–Crippen LogP) is 4.53. The van der Waals surface area contributed by atoms with Gasteiger partial charge in [-0.15, -0.1) is 0 Å². The number of aromatic nitrogens is 1. The number of piperidine rings is 2. The second-order valence-electron chi connectivity index (χ2n) is 8.15. The Hall–Kier alpha value is -1.78. The summed E-state index contributed by atoms with van der Waals surface area (Å²) < 4.78 is 5.67.